The highest BCUT2D eigenvalue weighted by molar-refractivity contribution is 6.04. The molecule has 0 aliphatic carbocycles. The number of fused-ring (bicyclic) bond motifs is 1. The van der Waals surface area contributed by atoms with Gasteiger partial charge in [-0.15, -0.1) is 0 Å². The van der Waals surface area contributed by atoms with E-state index < -0.39 is 4.92 Å². The van der Waals surface area contributed by atoms with Crippen LogP contribution in [-0.4, -0.2) is 45.4 Å². The highest BCUT2D eigenvalue weighted by Crippen LogP contribution is 2.32. The number of nitrogens with zero attached hydrogens (tertiary/aromatic N) is 3. The molecule has 2 aliphatic rings. The van der Waals surface area contributed by atoms with Crippen molar-refractivity contribution in [1.29, 1.82) is 0 Å². The molecule has 0 unspecified atom stereocenters. The van der Waals surface area contributed by atoms with Crippen LogP contribution in [0.3, 0.4) is 0 Å². The van der Waals surface area contributed by atoms with E-state index in [2.05, 4.69) is 0 Å². The van der Waals surface area contributed by atoms with Gasteiger partial charge in [0.1, 0.15) is 11.8 Å². The Labute approximate surface area is 139 Å². The highest BCUT2D eigenvalue weighted by atomic mass is 16.6. The summed E-state index contributed by atoms with van der Waals surface area (Å²) in [4.78, 5) is 38.1. The quantitative estimate of drug-likeness (QED) is 0.468. The molecule has 3 amide bonds. The lowest BCUT2D eigenvalue weighted by molar-refractivity contribution is -0.385. The molecule has 128 valence electrons. The summed E-state index contributed by atoms with van der Waals surface area (Å²) in [6.45, 7) is 4.24. The van der Waals surface area contributed by atoms with Crippen molar-refractivity contribution in [1.82, 2.24) is 9.80 Å². The standard InChI is InChI=1S/C16H19N3O5/c1-10(2)24-14-6-5-12(19(22)23)8-11(14)9-18-15(20)13-4-3-7-17(13)16(18)21/h5-6,8,10,13H,3-4,7,9H2,1-2H3/t13-/m1/s1. The molecule has 1 aromatic carbocycles. The molecule has 2 fully saturated rings. The molecule has 1 atom stereocenters. The summed E-state index contributed by atoms with van der Waals surface area (Å²) < 4.78 is 5.67. The van der Waals surface area contributed by atoms with Crippen molar-refractivity contribution >= 4 is 17.6 Å². The summed E-state index contributed by atoms with van der Waals surface area (Å²) in [6.07, 6.45) is 1.37. The van der Waals surface area contributed by atoms with Crippen LogP contribution in [0.25, 0.3) is 0 Å². The van der Waals surface area contributed by atoms with E-state index in [0.717, 1.165) is 11.3 Å². The van der Waals surface area contributed by atoms with Crippen LogP contribution in [0, 0.1) is 10.1 Å². The van der Waals surface area contributed by atoms with Gasteiger partial charge in [0, 0.05) is 24.2 Å². The normalized spacial score (nSPS) is 20.0. The molecule has 2 heterocycles. The van der Waals surface area contributed by atoms with Crippen LogP contribution >= 0.6 is 0 Å². The highest BCUT2D eigenvalue weighted by Gasteiger charge is 2.47. The molecule has 0 saturated carbocycles. The molecule has 8 heteroatoms. The fourth-order valence-electron chi connectivity index (χ4n) is 3.17. The van der Waals surface area contributed by atoms with Gasteiger partial charge in [-0.05, 0) is 32.8 Å². The Morgan fingerprint density at radius 1 is 1.38 bits per heavy atom. The minimum Gasteiger partial charge on any atom is -0.491 e. The van der Waals surface area contributed by atoms with Gasteiger partial charge in [0.15, 0.2) is 0 Å². The maximum atomic E-state index is 12.4. The lowest BCUT2D eigenvalue weighted by Crippen LogP contribution is -2.32. The van der Waals surface area contributed by atoms with Crippen molar-refractivity contribution in [3.8, 4) is 5.75 Å². The second kappa shape index (κ2) is 6.10. The third kappa shape index (κ3) is 2.79. The molecule has 8 nitrogen and oxygen atoms in total. The van der Waals surface area contributed by atoms with Crippen LogP contribution in [0.4, 0.5) is 10.5 Å². The minimum atomic E-state index is -0.505. The minimum absolute atomic E-state index is 0.0194. The molecular formula is C16H19N3O5. The smallest absolute Gasteiger partial charge is 0.327 e. The van der Waals surface area contributed by atoms with Gasteiger partial charge in [-0.2, -0.15) is 0 Å². The van der Waals surface area contributed by atoms with E-state index in [1.54, 1.807) is 4.90 Å². The first-order valence-corrected chi connectivity index (χ1v) is 7.94. The monoisotopic (exact) mass is 333 g/mol. The Bertz CT molecular complexity index is 681. The average Bonchev–Trinajstić information content (AvgIpc) is 3.08. The first kappa shape index (κ1) is 16.2. The fraction of sp³-hybridized carbons (Fsp3) is 0.500. The number of carbonyl (C=O) groups is 2. The zero-order chi connectivity index (χ0) is 17.4. The zero-order valence-corrected chi connectivity index (χ0v) is 13.6. The van der Waals surface area contributed by atoms with E-state index in [-0.39, 0.29) is 36.3 Å². The number of hydrogen-bond donors (Lipinski definition) is 0. The van der Waals surface area contributed by atoms with Crippen molar-refractivity contribution in [2.24, 2.45) is 0 Å². The molecule has 0 spiro atoms. The molecule has 2 aliphatic heterocycles. The molecule has 2 saturated heterocycles. The van der Waals surface area contributed by atoms with Gasteiger partial charge < -0.3 is 9.64 Å². The topological polar surface area (TPSA) is 93.0 Å². The predicted octanol–water partition coefficient (Wildman–Crippen LogP) is 2.31. The first-order valence-electron chi connectivity index (χ1n) is 7.94. The van der Waals surface area contributed by atoms with E-state index >= 15 is 0 Å². The Kier molecular flexibility index (Phi) is 4.13. The van der Waals surface area contributed by atoms with Crippen molar-refractivity contribution in [3.05, 3.63) is 33.9 Å². The van der Waals surface area contributed by atoms with Crippen molar-refractivity contribution in [3.63, 3.8) is 0 Å². The van der Waals surface area contributed by atoms with Gasteiger partial charge >= 0.3 is 6.03 Å². The van der Waals surface area contributed by atoms with Gasteiger partial charge in [-0.3, -0.25) is 19.8 Å². The summed E-state index contributed by atoms with van der Waals surface area (Å²) in [5, 5.41) is 11.0. The van der Waals surface area contributed by atoms with Crippen LogP contribution in [-0.2, 0) is 11.3 Å². The van der Waals surface area contributed by atoms with E-state index in [1.807, 2.05) is 13.8 Å². The summed E-state index contributed by atoms with van der Waals surface area (Å²) in [6, 6.07) is 3.52. The molecule has 0 aromatic heterocycles. The number of imide groups is 1. The molecule has 1 aromatic rings. The van der Waals surface area contributed by atoms with Gasteiger partial charge in [0.25, 0.3) is 11.6 Å². The SMILES string of the molecule is CC(C)Oc1ccc([N+](=O)[O-])cc1CN1C(=O)[C@H]2CCCN2C1=O. The molecule has 0 radical (unpaired) electrons. The second-order valence-electron chi connectivity index (χ2n) is 6.27. The fourth-order valence-corrected chi connectivity index (χ4v) is 3.17. The number of hydrogen-bond acceptors (Lipinski definition) is 5. The maximum absolute atomic E-state index is 12.4. The molecular weight excluding hydrogens is 314 g/mol. The largest absolute Gasteiger partial charge is 0.491 e. The van der Waals surface area contributed by atoms with Gasteiger partial charge in [-0.25, -0.2) is 4.79 Å². The van der Waals surface area contributed by atoms with Gasteiger partial charge in [-0.1, -0.05) is 0 Å². The van der Waals surface area contributed by atoms with Crippen LogP contribution in [0.5, 0.6) is 5.75 Å². The summed E-state index contributed by atoms with van der Waals surface area (Å²) in [5.74, 6) is 0.211. The van der Waals surface area contributed by atoms with Crippen LogP contribution in [0.2, 0.25) is 0 Å². The number of benzene rings is 1. The number of urea groups is 1. The number of nitro benzene ring substituents is 1. The molecule has 24 heavy (non-hydrogen) atoms. The van der Waals surface area contributed by atoms with E-state index in [9.17, 15) is 19.7 Å². The Balaban J connectivity index is 1.90. The lowest BCUT2D eigenvalue weighted by atomic mass is 10.1. The summed E-state index contributed by atoms with van der Waals surface area (Å²) in [5.41, 5.74) is 0.362. The van der Waals surface area contributed by atoms with Gasteiger partial charge in [0.05, 0.1) is 17.6 Å². The number of non-ortho nitro benzene ring substituents is 1. The van der Waals surface area contributed by atoms with Crippen LogP contribution < -0.4 is 4.74 Å². The molecule has 0 bridgehead atoms. The summed E-state index contributed by atoms with van der Waals surface area (Å²) in [7, 11) is 0. The third-order valence-corrected chi connectivity index (χ3v) is 4.23. The van der Waals surface area contributed by atoms with Crippen LogP contribution in [0.15, 0.2) is 18.2 Å². The zero-order valence-electron chi connectivity index (χ0n) is 13.6. The number of amides is 3. The third-order valence-electron chi connectivity index (χ3n) is 4.23. The maximum Gasteiger partial charge on any atom is 0.327 e. The van der Waals surface area contributed by atoms with Crippen molar-refractivity contribution in [2.75, 3.05) is 6.54 Å². The summed E-state index contributed by atoms with van der Waals surface area (Å²) >= 11 is 0. The van der Waals surface area contributed by atoms with E-state index in [1.165, 1.54) is 18.2 Å². The van der Waals surface area contributed by atoms with Crippen LogP contribution in [0.1, 0.15) is 32.3 Å². The van der Waals surface area contributed by atoms with E-state index in [0.29, 0.717) is 24.3 Å². The van der Waals surface area contributed by atoms with Crippen molar-refractivity contribution < 1.29 is 19.2 Å². The van der Waals surface area contributed by atoms with Crippen molar-refractivity contribution in [2.45, 2.75) is 45.4 Å². The molecule has 3 rings (SSSR count). The predicted molar refractivity (Wildman–Crippen MR) is 84.5 cm³/mol. The molecule has 0 N–H and O–H groups in total. The Morgan fingerprint density at radius 3 is 2.75 bits per heavy atom. The van der Waals surface area contributed by atoms with E-state index in [4.69, 9.17) is 4.74 Å². The Hall–Kier alpha value is -2.64. The Morgan fingerprint density at radius 2 is 2.12 bits per heavy atom. The number of carbonyl (C=O) groups excluding carboxylic acids is 2. The average molecular weight is 333 g/mol. The number of nitro groups is 1. The first-order chi connectivity index (χ1) is 11.4. The lowest BCUT2D eigenvalue weighted by Gasteiger charge is -2.19. The second-order valence-corrected chi connectivity index (χ2v) is 6.27. The van der Waals surface area contributed by atoms with Gasteiger partial charge in [0.2, 0.25) is 0 Å². The number of ether oxygens (including phenoxy) is 1. The number of rotatable bonds is 5.